The third-order valence-corrected chi connectivity index (χ3v) is 1.61. The number of carbonyl (C=O) groups is 1. The zero-order valence-electron chi connectivity index (χ0n) is 7.53. The van der Waals surface area contributed by atoms with Crippen LogP contribution in [0.4, 0.5) is 13.2 Å². The fourth-order valence-electron chi connectivity index (χ4n) is 0.929. The van der Waals surface area contributed by atoms with Crippen LogP contribution in [0.1, 0.15) is 12.5 Å². The average Bonchev–Trinajstić information content (AvgIpc) is 2.09. The van der Waals surface area contributed by atoms with E-state index in [2.05, 4.69) is 4.74 Å². The van der Waals surface area contributed by atoms with Gasteiger partial charge < -0.3 is 4.74 Å². The van der Waals surface area contributed by atoms with Crippen LogP contribution in [0.5, 0.6) is 5.75 Å². The predicted octanol–water partition coefficient (Wildman–Crippen LogP) is 2.34. The zero-order valence-corrected chi connectivity index (χ0v) is 7.53. The van der Waals surface area contributed by atoms with E-state index in [0.717, 1.165) is 6.92 Å². The van der Waals surface area contributed by atoms with Gasteiger partial charge in [-0.2, -0.15) is 4.39 Å². The maximum Gasteiger partial charge on any atom is 0.308 e. The molecule has 14 heavy (non-hydrogen) atoms. The van der Waals surface area contributed by atoms with Gasteiger partial charge in [0.1, 0.15) is 5.82 Å². The van der Waals surface area contributed by atoms with Gasteiger partial charge in [-0.15, -0.1) is 0 Å². The average molecular weight is 204 g/mol. The molecule has 5 heteroatoms. The van der Waals surface area contributed by atoms with E-state index in [-0.39, 0.29) is 5.56 Å². The van der Waals surface area contributed by atoms with Crippen molar-refractivity contribution < 1.29 is 22.7 Å². The van der Waals surface area contributed by atoms with Crippen molar-refractivity contribution in [3.63, 3.8) is 0 Å². The molecule has 0 unspecified atom stereocenters. The zero-order chi connectivity index (χ0) is 10.9. The number of esters is 1. The van der Waals surface area contributed by atoms with E-state index in [0.29, 0.717) is 6.07 Å². The minimum atomic E-state index is -1.38. The molecule has 0 saturated heterocycles. The van der Waals surface area contributed by atoms with E-state index in [9.17, 15) is 18.0 Å². The van der Waals surface area contributed by atoms with Crippen molar-refractivity contribution in [3.05, 3.63) is 29.1 Å². The standard InChI is InChI=1S/C9H7F3O2/c1-4-6(10)3-7(11)8(12)9(4)14-5(2)13/h3H,1-2H3. The first-order valence-electron chi connectivity index (χ1n) is 3.76. The number of rotatable bonds is 1. The molecule has 0 aliphatic heterocycles. The molecule has 1 rings (SSSR count). The summed E-state index contributed by atoms with van der Waals surface area (Å²) in [6.45, 7) is 2.21. The Morgan fingerprint density at radius 1 is 1.29 bits per heavy atom. The summed E-state index contributed by atoms with van der Waals surface area (Å²) in [5.41, 5.74) is -0.237. The van der Waals surface area contributed by atoms with Gasteiger partial charge in [-0.25, -0.2) is 8.78 Å². The van der Waals surface area contributed by atoms with Crippen molar-refractivity contribution in [3.8, 4) is 5.75 Å². The van der Waals surface area contributed by atoms with Gasteiger partial charge in [0.05, 0.1) is 0 Å². The summed E-state index contributed by atoms with van der Waals surface area (Å²) in [4.78, 5) is 10.5. The molecule has 0 saturated carbocycles. The van der Waals surface area contributed by atoms with Gasteiger partial charge in [-0.1, -0.05) is 0 Å². The quantitative estimate of drug-likeness (QED) is 0.398. The highest BCUT2D eigenvalue weighted by atomic mass is 19.2. The van der Waals surface area contributed by atoms with E-state index in [1.54, 1.807) is 0 Å². The summed E-state index contributed by atoms with van der Waals surface area (Å²) in [7, 11) is 0. The van der Waals surface area contributed by atoms with Crippen molar-refractivity contribution >= 4 is 5.97 Å². The van der Waals surface area contributed by atoms with Crippen LogP contribution in [-0.4, -0.2) is 5.97 Å². The highest BCUT2D eigenvalue weighted by Gasteiger charge is 2.18. The topological polar surface area (TPSA) is 26.3 Å². The maximum absolute atomic E-state index is 13.0. The summed E-state index contributed by atoms with van der Waals surface area (Å²) in [6, 6.07) is 0.400. The molecular weight excluding hydrogens is 197 g/mol. The van der Waals surface area contributed by atoms with Gasteiger partial charge in [-0.05, 0) is 6.92 Å². The van der Waals surface area contributed by atoms with Crippen LogP contribution in [-0.2, 0) is 4.79 Å². The monoisotopic (exact) mass is 204 g/mol. The largest absolute Gasteiger partial charge is 0.423 e. The minimum absolute atomic E-state index is 0.237. The van der Waals surface area contributed by atoms with Crippen molar-refractivity contribution in [2.45, 2.75) is 13.8 Å². The number of hydrogen-bond donors (Lipinski definition) is 0. The second-order valence-corrected chi connectivity index (χ2v) is 2.70. The minimum Gasteiger partial charge on any atom is -0.423 e. The van der Waals surface area contributed by atoms with Crippen molar-refractivity contribution in [2.75, 3.05) is 0 Å². The van der Waals surface area contributed by atoms with E-state index in [1.165, 1.54) is 6.92 Å². The fraction of sp³-hybridized carbons (Fsp3) is 0.222. The lowest BCUT2D eigenvalue weighted by Crippen LogP contribution is -2.07. The summed E-state index contributed by atoms with van der Waals surface area (Å²) in [5, 5.41) is 0. The summed E-state index contributed by atoms with van der Waals surface area (Å²) in [5.74, 6) is -5.24. The Balaban J connectivity index is 3.31. The van der Waals surface area contributed by atoms with Crippen LogP contribution in [0.2, 0.25) is 0 Å². The molecule has 1 aromatic carbocycles. The number of carbonyl (C=O) groups excluding carboxylic acids is 1. The molecule has 0 aromatic heterocycles. The normalized spacial score (nSPS) is 10.1. The Hall–Kier alpha value is -1.52. The van der Waals surface area contributed by atoms with Crippen LogP contribution < -0.4 is 4.74 Å². The molecule has 0 heterocycles. The van der Waals surface area contributed by atoms with E-state index in [1.807, 2.05) is 0 Å². The molecule has 0 radical (unpaired) electrons. The molecule has 0 aliphatic carbocycles. The molecule has 0 amide bonds. The highest BCUT2D eigenvalue weighted by Crippen LogP contribution is 2.27. The molecule has 0 atom stereocenters. The molecule has 76 valence electrons. The van der Waals surface area contributed by atoms with Crippen molar-refractivity contribution in [1.29, 1.82) is 0 Å². The van der Waals surface area contributed by atoms with Gasteiger partial charge in [-0.3, -0.25) is 4.79 Å². The SMILES string of the molecule is CC(=O)Oc1c(C)c(F)cc(F)c1F. The van der Waals surface area contributed by atoms with Crippen LogP contribution in [0.3, 0.4) is 0 Å². The molecule has 0 aliphatic rings. The molecule has 0 bridgehead atoms. The van der Waals surface area contributed by atoms with E-state index >= 15 is 0 Å². The number of benzene rings is 1. The lowest BCUT2D eigenvalue weighted by atomic mass is 10.2. The Morgan fingerprint density at radius 2 is 1.86 bits per heavy atom. The lowest BCUT2D eigenvalue weighted by molar-refractivity contribution is -0.132. The van der Waals surface area contributed by atoms with Crippen LogP contribution in [0.25, 0.3) is 0 Å². The summed E-state index contributed by atoms with van der Waals surface area (Å²) in [6.07, 6.45) is 0. The smallest absolute Gasteiger partial charge is 0.308 e. The molecule has 0 spiro atoms. The fourth-order valence-corrected chi connectivity index (χ4v) is 0.929. The van der Waals surface area contributed by atoms with Gasteiger partial charge in [0.25, 0.3) is 0 Å². The Labute approximate surface area is 78.3 Å². The lowest BCUT2D eigenvalue weighted by Gasteiger charge is -2.07. The van der Waals surface area contributed by atoms with E-state index in [4.69, 9.17) is 0 Å². The second kappa shape index (κ2) is 3.69. The molecule has 1 aromatic rings. The summed E-state index contributed by atoms with van der Waals surface area (Å²) < 4.78 is 42.9. The van der Waals surface area contributed by atoms with Gasteiger partial charge >= 0.3 is 5.97 Å². The third kappa shape index (κ3) is 1.86. The Morgan fingerprint density at radius 3 is 2.36 bits per heavy atom. The van der Waals surface area contributed by atoms with Crippen molar-refractivity contribution in [2.24, 2.45) is 0 Å². The maximum atomic E-state index is 13.0. The molecular formula is C9H7F3O2. The van der Waals surface area contributed by atoms with Gasteiger partial charge in [0.15, 0.2) is 11.6 Å². The molecule has 0 N–H and O–H groups in total. The first-order chi connectivity index (χ1) is 6.43. The predicted molar refractivity (Wildman–Crippen MR) is 42.4 cm³/mol. The third-order valence-electron chi connectivity index (χ3n) is 1.61. The van der Waals surface area contributed by atoms with Crippen LogP contribution in [0.15, 0.2) is 6.07 Å². The first kappa shape index (κ1) is 10.6. The number of ether oxygens (including phenoxy) is 1. The van der Waals surface area contributed by atoms with Crippen molar-refractivity contribution in [1.82, 2.24) is 0 Å². The van der Waals surface area contributed by atoms with Gasteiger partial charge in [0, 0.05) is 18.6 Å². The molecule has 0 fully saturated rings. The highest BCUT2D eigenvalue weighted by molar-refractivity contribution is 5.69. The Kier molecular flexibility index (Phi) is 2.78. The molecule has 2 nitrogen and oxygen atoms in total. The second-order valence-electron chi connectivity index (χ2n) is 2.70. The number of hydrogen-bond acceptors (Lipinski definition) is 2. The van der Waals surface area contributed by atoms with E-state index < -0.39 is 29.2 Å². The summed E-state index contributed by atoms with van der Waals surface area (Å²) >= 11 is 0. The first-order valence-corrected chi connectivity index (χ1v) is 3.76. The number of halogens is 3. The Bertz CT molecular complexity index is 362. The van der Waals surface area contributed by atoms with Crippen LogP contribution in [0, 0.1) is 24.4 Å². The van der Waals surface area contributed by atoms with Crippen LogP contribution >= 0.6 is 0 Å². The van der Waals surface area contributed by atoms with Gasteiger partial charge in [0.2, 0.25) is 5.82 Å².